The molecule has 39 heavy (non-hydrogen) atoms. The van der Waals surface area contributed by atoms with Gasteiger partial charge in [0.1, 0.15) is 11.5 Å². The Hall–Kier alpha value is -4.88. The van der Waals surface area contributed by atoms with Crippen LogP contribution in [0.15, 0.2) is 65.2 Å². The zero-order chi connectivity index (χ0) is 28.0. The highest BCUT2D eigenvalue weighted by Gasteiger charge is 2.20. The Kier molecular flexibility index (Phi) is 8.13. The molecule has 0 bridgehead atoms. The van der Waals surface area contributed by atoms with E-state index in [1.165, 1.54) is 6.21 Å². The van der Waals surface area contributed by atoms with E-state index in [9.17, 15) is 4.79 Å². The molecule has 3 aromatic heterocycles. The van der Waals surface area contributed by atoms with E-state index in [0.29, 0.717) is 52.0 Å². The molecule has 0 unspecified atom stereocenters. The molecule has 3 heterocycles. The average molecular weight is 526 g/mol. The fourth-order valence-electron chi connectivity index (χ4n) is 3.62. The number of hydrogen-bond donors (Lipinski definition) is 5. The number of carbonyl (C=O) groups excluding carboxylic acids is 1. The number of carbonyl (C=O) groups is 1. The number of pyridine rings is 1. The van der Waals surface area contributed by atoms with Gasteiger partial charge in [-0.25, -0.2) is 4.98 Å². The summed E-state index contributed by atoms with van der Waals surface area (Å²) < 4.78 is 7.20. The first kappa shape index (κ1) is 27.2. The average Bonchev–Trinajstić information content (AvgIpc) is 3.55. The number of aryl methyl sites for hydroxylation is 1. The largest absolute Gasteiger partial charge is 0.395 e. The zero-order valence-corrected chi connectivity index (χ0v) is 22.3. The van der Waals surface area contributed by atoms with Crippen molar-refractivity contribution in [1.29, 1.82) is 5.41 Å². The summed E-state index contributed by atoms with van der Waals surface area (Å²) in [5, 5.41) is 29.4. The fourth-order valence-corrected chi connectivity index (χ4v) is 3.62. The summed E-state index contributed by atoms with van der Waals surface area (Å²) in [5.74, 6) is 7.07. The zero-order valence-electron chi connectivity index (χ0n) is 22.3. The van der Waals surface area contributed by atoms with Gasteiger partial charge in [0.05, 0.1) is 24.2 Å². The summed E-state index contributed by atoms with van der Waals surface area (Å²) in [6, 6.07) is 10.8. The van der Waals surface area contributed by atoms with Gasteiger partial charge in [-0.1, -0.05) is 37.9 Å². The number of anilines is 2. The number of hydrogen-bond acceptors (Lipinski definition) is 8. The van der Waals surface area contributed by atoms with E-state index >= 15 is 0 Å². The van der Waals surface area contributed by atoms with Crippen LogP contribution >= 0.6 is 0 Å². The predicted octanol–water partition coefficient (Wildman–Crippen LogP) is 4.07. The molecule has 1 amide bonds. The maximum Gasteiger partial charge on any atom is 0.256 e. The van der Waals surface area contributed by atoms with Crippen LogP contribution < -0.4 is 16.0 Å². The second kappa shape index (κ2) is 11.7. The van der Waals surface area contributed by atoms with Crippen LogP contribution in [0.1, 0.15) is 53.7 Å². The third-order valence-corrected chi connectivity index (χ3v) is 5.80. The molecular weight excluding hydrogens is 494 g/mol. The van der Waals surface area contributed by atoms with Gasteiger partial charge in [-0.15, -0.1) is 0 Å². The minimum atomic E-state index is -0.305. The van der Waals surface area contributed by atoms with Gasteiger partial charge >= 0.3 is 0 Å². The van der Waals surface area contributed by atoms with Gasteiger partial charge in [0.25, 0.3) is 5.91 Å². The van der Waals surface area contributed by atoms with Crippen LogP contribution in [0.2, 0.25) is 0 Å². The maximum atomic E-state index is 12.9. The molecular formula is C29H31N7O3. The van der Waals surface area contributed by atoms with Crippen LogP contribution in [0, 0.1) is 24.2 Å². The van der Waals surface area contributed by atoms with E-state index in [0.717, 1.165) is 5.56 Å². The number of allylic oxidation sites excluding steroid dienone is 1. The van der Waals surface area contributed by atoms with Crippen molar-refractivity contribution in [3.63, 3.8) is 0 Å². The van der Waals surface area contributed by atoms with Crippen molar-refractivity contribution in [2.24, 2.45) is 0 Å². The summed E-state index contributed by atoms with van der Waals surface area (Å²) in [4.78, 5) is 17.4. The van der Waals surface area contributed by atoms with Crippen LogP contribution in [0.4, 0.5) is 11.5 Å². The number of nitrogens with one attached hydrogen (secondary N) is 4. The molecule has 0 aliphatic carbocycles. The van der Waals surface area contributed by atoms with Crippen molar-refractivity contribution >= 4 is 29.3 Å². The number of aromatic nitrogens is 3. The summed E-state index contributed by atoms with van der Waals surface area (Å²) in [6.45, 7) is 8.33. The standard InChI is InChI=1S/C29H31N7O3/c1-19-7-8-21(28(38)34-26-15-25(39-35-26)29(2,3)4)14-20(19)9-10-23-18-32-27-24(6-5-12-36(23)27)33-22(16-30)17-31-11-13-37/h5-8,12,14-18,30-31,33,37H,11,13H2,1-4H3,(H,34,35,38)/b22-17+,30-16?. The van der Waals surface area contributed by atoms with Gasteiger partial charge in [0.15, 0.2) is 11.5 Å². The molecule has 5 N–H and O–H groups in total. The Morgan fingerprint density at radius 1 is 1.21 bits per heavy atom. The second-order valence-corrected chi connectivity index (χ2v) is 9.87. The van der Waals surface area contributed by atoms with E-state index in [-0.39, 0.29) is 17.9 Å². The van der Waals surface area contributed by atoms with Crippen LogP contribution in [0.5, 0.6) is 0 Å². The smallest absolute Gasteiger partial charge is 0.256 e. The number of fused-ring (bicyclic) bond motifs is 1. The summed E-state index contributed by atoms with van der Waals surface area (Å²) in [5.41, 5.74) is 4.41. The lowest BCUT2D eigenvalue weighted by atomic mass is 9.93. The number of nitrogens with zero attached hydrogens (tertiary/aromatic N) is 3. The first-order chi connectivity index (χ1) is 18.7. The third kappa shape index (κ3) is 6.52. The van der Waals surface area contributed by atoms with Gasteiger partial charge in [0, 0.05) is 47.8 Å². The molecule has 4 aromatic rings. The Bertz CT molecular complexity index is 1600. The van der Waals surface area contributed by atoms with Crippen molar-refractivity contribution in [1.82, 2.24) is 19.9 Å². The molecule has 0 fully saturated rings. The molecule has 0 atom stereocenters. The molecule has 10 nitrogen and oxygen atoms in total. The highest BCUT2D eigenvalue weighted by atomic mass is 16.5. The van der Waals surface area contributed by atoms with Crippen molar-refractivity contribution in [2.75, 3.05) is 23.8 Å². The number of amides is 1. The van der Waals surface area contributed by atoms with E-state index in [1.807, 2.05) is 56.5 Å². The number of benzene rings is 1. The Morgan fingerprint density at radius 3 is 2.74 bits per heavy atom. The van der Waals surface area contributed by atoms with Gasteiger partial charge in [0.2, 0.25) is 0 Å². The molecule has 0 radical (unpaired) electrons. The molecule has 0 spiro atoms. The number of rotatable bonds is 8. The lowest BCUT2D eigenvalue weighted by Gasteiger charge is -2.12. The normalized spacial score (nSPS) is 11.6. The predicted molar refractivity (Wildman–Crippen MR) is 151 cm³/mol. The SMILES string of the molecule is Cc1ccc(C(=O)Nc2cc(C(C)(C)C)on2)cc1C#Cc1cnc2c(N/C(C=N)=C/NCCO)cccn12. The van der Waals surface area contributed by atoms with E-state index in [1.54, 1.807) is 30.6 Å². The summed E-state index contributed by atoms with van der Waals surface area (Å²) in [7, 11) is 0. The maximum absolute atomic E-state index is 12.9. The first-order valence-electron chi connectivity index (χ1n) is 12.4. The number of aliphatic hydroxyl groups excluding tert-OH is 1. The van der Waals surface area contributed by atoms with Gasteiger partial charge < -0.3 is 31.0 Å². The number of imidazole rings is 1. The highest BCUT2D eigenvalue weighted by molar-refractivity contribution is 6.04. The van der Waals surface area contributed by atoms with Crippen molar-refractivity contribution < 1.29 is 14.4 Å². The molecule has 0 saturated carbocycles. The third-order valence-electron chi connectivity index (χ3n) is 5.80. The lowest BCUT2D eigenvalue weighted by molar-refractivity contribution is 0.102. The van der Waals surface area contributed by atoms with Crippen LogP contribution in [-0.2, 0) is 5.41 Å². The van der Waals surface area contributed by atoms with E-state index in [4.69, 9.17) is 15.0 Å². The Morgan fingerprint density at radius 2 is 2.03 bits per heavy atom. The molecule has 4 rings (SSSR count). The monoisotopic (exact) mass is 525 g/mol. The molecule has 0 aliphatic heterocycles. The summed E-state index contributed by atoms with van der Waals surface area (Å²) in [6.07, 6.45) is 6.33. The van der Waals surface area contributed by atoms with Crippen LogP contribution in [0.3, 0.4) is 0 Å². The second-order valence-electron chi connectivity index (χ2n) is 9.87. The van der Waals surface area contributed by atoms with Crippen LogP contribution in [0.25, 0.3) is 5.65 Å². The van der Waals surface area contributed by atoms with Gasteiger partial charge in [-0.05, 0) is 42.7 Å². The molecule has 0 saturated heterocycles. The first-order valence-corrected chi connectivity index (χ1v) is 12.4. The summed E-state index contributed by atoms with van der Waals surface area (Å²) >= 11 is 0. The number of aliphatic hydroxyl groups is 1. The van der Waals surface area contributed by atoms with Crippen molar-refractivity contribution in [3.8, 4) is 11.8 Å². The van der Waals surface area contributed by atoms with Gasteiger partial charge in [-0.3, -0.25) is 9.20 Å². The van der Waals surface area contributed by atoms with E-state index in [2.05, 4.69) is 37.9 Å². The topological polar surface area (TPSA) is 141 Å². The molecule has 0 aliphatic rings. The van der Waals surface area contributed by atoms with Crippen molar-refractivity contribution in [2.45, 2.75) is 33.1 Å². The molecule has 10 heteroatoms. The molecule has 200 valence electrons. The minimum Gasteiger partial charge on any atom is -0.395 e. The minimum absolute atomic E-state index is 0.00735. The Labute approximate surface area is 226 Å². The molecule has 1 aromatic carbocycles. The van der Waals surface area contributed by atoms with Crippen molar-refractivity contribution in [3.05, 3.63) is 88.8 Å². The van der Waals surface area contributed by atoms with Gasteiger partial charge in [-0.2, -0.15) is 0 Å². The quantitative estimate of drug-likeness (QED) is 0.133. The van der Waals surface area contributed by atoms with Crippen LogP contribution in [-0.4, -0.2) is 44.9 Å². The fraction of sp³-hybridized carbons (Fsp3) is 0.241. The Balaban J connectivity index is 1.56. The highest BCUT2D eigenvalue weighted by Crippen LogP contribution is 2.25. The lowest BCUT2D eigenvalue weighted by Crippen LogP contribution is -2.14. The van der Waals surface area contributed by atoms with E-state index < -0.39 is 0 Å².